The van der Waals surface area contributed by atoms with Gasteiger partial charge in [0, 0.05) is 19.9 Å². The smallest absolute Gasteiger partial charge is 0.340 e. The molecule has 0 unspecified atom stereocenters. The number of likely N-dealkylation sites (N-methyl/N-ethyl adjacent to an activating group) is 1. The molecule has 0 saturated heterocycles. The van der Waals surface area contributed by atoms with Crippen LogP contribution in [0.4, 0.5) is 0 Å². The highest BCUT2D eigenvalue weighted by Gasteiger charge is 2.26. The van der Waals surface area contributed by atoms with Gasteiger partial charge in [-0.2, -0.15) is 0 Å². The molecular formula is C18H28N2O6. The molecule has 8 heteroatoms. The van der Waals surface area contributed by atoms with Crippen molar-refractivity contribution in [1.29, 1.82) is 0 Å². The molecule has 1 heterocycles. The van der Waals surface area contributed by atoms with Crippen molar-refractivity contribution in [2.24, 2.45) is 0 Å². The number of ether oxygens (including phenoxy) is 3. The first-order valence-corrected chi connectivity index (χ1v) is 8.30. The minimum atomic E-state index is -0.626. The second kappa shape index (κ2) is 8.84. The second-order valence-corrected chi connectivity index (χ2v) is 7.00. The van der Waals surface area contributed by atoms with Crippen molar-refractivity contribution in [3.05, 3.63) is 22.5 Å². The molecule has 0 saturated carbocycles. The van der Waals surface area contributed by atoms with E-state index in [1.54, 1.807) is 34.6 Å². The summed E-state index contributed by atoms with van der Waals surface area (Å²) in [6.07, 6.45) is 0. The average Bonchev–Trinajstić information content (AvgIpc) is 2.79. The highest BCUT2D eigenvalue weighted by Crippen LogP contribution is 2.20. The molecule has 146 valence electrons. The van der Waals surface area contributed by atoms with Crippen molar-refractivity contribution >= 4 is 17.8 Å². The van der Waals surface area contributed by atoms with Gasteiger partial charge < -0.3 is 24.1 Å². The van der Waals surface area contributed by atoms with Crippen LogP contribution >= 0.6 is 0 Å². The number of aromatic nitrogens is 1. The molecule has 0 fully saturated rings. The fraction of sp³-hybridized carbons (Fsp3) is 0.611. The molecule has 1 amide bonds. The quantitative estimate of drug-likeness (QED) is 0.583. The monoisotopic (exact) mass is 368 g/mol. The fourth-order valence-corrected chi connectivity index (χ4v) is 2.39. The van der Waals surface area contributed by atoms with Crippen LogP contribution in [0.3, 0.4) is 0 Å². The van der Waals surface area contributed by atoms with E-state index in [1.165, 1.54) is 19.1 Å². The number of nitrogens with one attached hydrogen (secondary N) is 1. The van der Waals surface area contributed by atoms with Gasteiger partial charge in [-0.25, -0.2) is 4.79 Å². The summed E-state index contributed by atoms with van der Waals surface area (Å²) >= 11 is 0. The molecular weight excluding hydrogens is 340 g/mol. The van der Waals surface area contributed by atoms with E-state index in [0.29, 0.717) is 23.4 Å². The van der Waals surface area contributed by atoms with Crippen molar-refractivity contribution in [3.63, 3.8) is 0 Å². The summed E-state index contributed by atoms with van der Waals surface area (Å²) in [4.78, 5) is 40.9. The zero-order valence-corrected chi connectivity index (χ0v) is 16.5. The Bertz CT molecular complexity index is 672. The number of methoxy groups -OCH3 is 1. The summed E-state index contributed by atoms with van der Waals surface area (Å²) in [6, 6.07) is 0. The third kappa shape index (κ3) is 5.87. The highest BCUT2D eigenvalue weighted by molar-refractivity contribution is 6.01. The van der Waals surface area contributed by atoms with Crippen molar-refractivity contribution < 1.29 is 28.6 Å². The predicted octanol–water partition coefficient (Wildman–Crippen LogP) is 1.85. The van der Waals surface area contributed by atoms with Crippen LogP contribution in [0.25, 0.3) is 0 Å². The van der Waals surface area contributed by atoms with Gasteiger partial charge in [-0.15, -0.1) is 0 Å². The Hall–Kier alpha value is -2.35. The number of carbonyl (C=O) groups excluding carboxylic acids is 3. The molecule has 0 atom stereocenters. The third-order valence-corrected chi connectivity index (χ3v) is 3.51. The summed E-state index contributed by atoms with van der Waals surface area (Å²) < 4.78 is 15.2. The Morgan fingerprint density at radius 1 is 1.12 bits per heavy atom. The molecule has 0 radical (unpaired) electrons. The number of amides is 1. The van der Waals surface area contributed by atoms with Crippen LogP contribution in [0.2, 0.25) is 0 Å². The standard InChI is InChI=1S/C18H28N2O6/c1-11-14(17(23)25-9-8-24-7)12(2)19-15(11)16(22)20(6)10-13(21)26-18(3,4)5/h19H,8-10H2,1-7H3. The van der Waals surface area contributed by atoms with E-state index >= 15 is 0 Å². The fourth-order valence-electron chi connectivity index (χ4n) is 2.39. The Kier molecular flexibility index (Phi) is 7.38. The van der Waals surface area contributed by atoms with E-state index in [4.69, 9.17) is 14.2 Å². The average molecular weight is 368 g/mol. The Balaban J connectivity index is 2.88. The van der Waals surface area contributed by atoms with Crippen LogP contribution in [0.5, 0.6) is 0 Å². The number of aryl methyl sites for hydroxylation is 1. The SMILES string of the molecule is COCCOC(=O)c1c(C)[nH]c(C(=O)N(C)CC(=O)OC(C)(C)C)c1C. The predicted molar refractivity (Wildman–Crippen MR) is 95.2 cm³/mol. The van der Waals surface area contributed by atoms with Gasteiger partial charge in [-0.1, -0.05) is 0 Å². The van der Waals surface area contributed by atoms with Gasteiger partial charge in [0.2, 0.25) is 0 Å². The summed E-state index contributed by atoms with van der Waals surface area (Å²) in [5.74, 6) is -1.44. The maximum atomic E-state index is 12.6. The van der Waals surface area contributed by atoms with E-state index in [-0.39, 0.29) is 18.8 Å². The van der Waals surface area contributed by atoms with Gasteiger partial charge in [0.25, 0.3) is 5.91 Å². The molecule has 1 aromatic rings. The number of hydrogen-bond donors (Lipinski definition) is 1. The summed E-state index contributed by atoms with van der Waals surface area (Å²) in [5, 5.41) is 0. The Labute approximate surface area is 153 Å². The number of aromatic amines is 1. The topological polar surface area (TPSA) is 97.9 Å². The third-order valence-electron chi connectivity index (χ3n) is 3.51. The molecule has 0 spiro atoms. The van der Waals surface area contributed by atoms with E-state index in [0.717, 1.165) is 0 Å². The van der Waals surface area contributed by atoms with Gasteiger partial charge >= 0.3 is 11.9 Å². The Morgan fingerprint density at radius 2 is 1.73 bits per heavy atom. The lowest BCUT2D eigenvalue weighted by Gasteiger charge is -2.22. The van der Waals surface area contributed by atoms with Crippen LogP contribution in [-0.4, -0.2) is 67.2 Å². The van der Waals surface area contributed by atoms with Crippen LogP contribution in [-0.2, 0) is 19.0 Å². The van der Waals surface area contributed by atoms with Gasteiger partial charge in [0.05, 0.1) is 12.2 Å². The molecule has 1 aromatic heterocycles. The first-order chi connectivity index (χ1) is 12.0. The molecule has 1 N–H and O–H groups in total. The van der Waals surface area contributed by atoms with Crippen LogP contribution in [0.1, 0.15) is 52.9 Å². The first-order valence-electron chi connectivity index (χ1n) is 8.30. The zero-order chi connectivity index (χ0) is 20.1. The number of nitrogens with zero attached hydrogens (tertiary/aromatic N) is 1. The van der Waals surface area contributed by atoms with Gasteiger partial charge in [-0.3, -0.25) is 9.59 Å². The van der Waals surface area contributed by atoms with Gasteiger partial charge in [0.1, 0.15) is 24.4 Å². The number of esters is 2. The zero-order valence-electron chi connectivity index (χ0n) is 16.5. The number of carbonyl (C=O) groups is 3. The van der Waals surface area contributed by atoms with Crippen molar-refractivity contribution in [3.8, 4) is 0 Å². The summed E-state index contributed by atoms with van der Waals surface area (Å²) in [6.45, 7) is 8.84. The molecule has 8 nitrogen and oxygen atoms in total. The van der Waals surface area contributed by atoms with Gasteiger partial charge in [-0.05, 0) is 40.2 Å². The summed E-state index contributed by atoms with van der Waals surface area (Å²) in [5.41, 5.74) is 0.936. The van der Waals surface area contributed by atoms with Crippen LogP contribution in [0.15, 0.2) is 0 Å². The minimum absolute atomic E-state index is 0.126. The number of rotatable bonds is 7. The normalized spacial score (nSPS) is 11.2. The van der Waals surface area contributed by atoms with Crippen molar-refractivity contribution in [1.82, 2.24) is 9.88 Å². The largest absolute Gasteiger partial charge is 0.460 e. The van der Waals surface area contributed by atoms with Crippen molar-refractivity contribution in [2.45, 2.75) is 40.2 Å². The lowest BCUT2D eigenvalue weighted by molar-refractivity contribution is -0.155. The molecule has 26 heavy (non-hydrogen) atoms. The summed E-state index contributed by atoms with van der Waals surface area (Å²) in [7, 11) is 3.01. The number of hydrogen-bond acceptors (Lipinski definition) is 6. The minimum Gasteiger partial charge on any atom is -0.460 e. The van der Waals surface area contributed by atoms with E-state index in [2.05, 4.69) is 4.98 Å². The van der Waals surface area contributed by atoms with Gasteiger partial charge in [0.15, 0.2) is 0 Å². The molecule has 1 rings (SSSR count). The lowest BCUT2D eigenvalue weighted by Crippen LogP contribution is -2.36. The van der Waals surface area contributed by atoms with Crippen molar-refractivity contribution in [2.75, 3.05) is 33.9 Å². The molecule has 0 bridgehead atoms. The Morgan fingerprint density at radius 3 is 2.27 bits per heavy atom. The second-order valence-electron chi connectivity index (χ2n) is 7.00. The van der Waals surface area contributed by atoms with E-state index in [9.17, 15) is 14.4 Å². The molecule has 0 aliphatic carbocycles. The number of H-pyrrole nitrogens is 1. The molecule has 0 aliphatic heterocycles. The van der Waals surface area contributed by atoms with E-state index < -0.39 is 23.4 Å². The highest BCUT2D eigenvalue weighted by atomic mass is 16.6. The first kappa shape index (κ1) is 21.7. The van der Waals surface area contributed by atoms with Crippen LogP contribution in [0, 0.1) is 13.8 Å². The lowest BCUT2D eigenvalue weighted by atomic mass is 10.1. The maximum Gasteiger partial charge on any atom is 0.340 e. The molecule has 0 aromatic carbocycles. The maximum absolute atomic E-state index is 12.6. The molecule has 0 aliphatic rings. The van der Waals surface area contributed by atoms with Crippen LogP contribution < -0.4 is 0 Å². The van der Waals surface area contributed by atoms with E-state index in [1.807, 2.05) is 0 Å².